The Kier molecular flexibility index (Phi) is 7.22. The first-order valence-electron chi connectivity index (χ1n) is 7.27. The molecule has 6 heteroatoms. The Morgan fingerprint density at radius 3 is 2.41 bits per heavy atom. The summed E-state index contributed by atoms with van der Waals surface area (Å²) in [6, 6.07) is 5.47. The summed E-state index contributed by atoms with van der Waals surface area (Å²) in [7, 11) is 3.12. The average molecular weight is 308 g/mol. The number of rotatable bonds is 8. The third kappa shape index (κ3) is 5.63. The fourth-order valence-corrected chi connectivity index (χ4v) is 1.83. The summed E-state index contributed by atoms with van der Waals surface area (Å²) in [6.45, 7) is 4.21. The number of hydrogen-bond acceptors (Lipinski definition) is 4. The second-order valence-electron chi connectivity index (χ2n) is 5.02. The highest BCUT2D eigenvalue weighted by atomic mass is 16.5. The number of carbonyl (C=O) groups excluding carboxylic acids is 2. The Hall–Kier alpha value is -2.24. The fraction of sp³-hybridized carbons (Fsp3) is 0.500. The van der Waals surface area contributed by atoms with E-state index < -0.39 is 0 Å². The van der Waals surface area contributed by atoms with Crippen LogP contribution in [0.4, 0.5) is 0 Å². The summed E-state index contributed by atoms with van der Waals surface area (Å²) in [5.41, 5.74) is 0.869. The Morgan fingerprint density at radius 1 is 1.14 bits per heavy atom. The molecule has 0 bridgehead atoms. The maximum Gasteiger partial charge on any atom is 0.229 e. The first-order valence-corrected chi connectivity index (χ1v) is 7.27. The van der Waals surface area contributed by atoms with Gasteiger partial charge >= 0.3 is 0 Å². The molecular weight excluding hydrogens is 284 g/mol. The average Bonchev–Trinajstić information content (AvgIpc) is 2.52. The molecule has 0 saturated carbocycles. The van der Waals surface area contributed by atoms with Crippen molar-refractivity contribution in [2.24, 2.45) is 0 Å². The number of methoxy groups -OCH3 is 2. The van der Waals surface area contributed by atoms with Crippen LogP contribution in [0.2, 0.25) is 0 Å². The van der Waals surface area contributed by atoms with E-state index in [4.69, 9.17) is 9.47 Å². The van der Waals surface area contributed by atoms with Gasteiger partial charge < -0.3 is 20.1 Å². The number of amides is 2. The van der Waals surface area contributed by atoms with Crippen molar-refractivity contribution in [2.45, 2.75) is 39.3 Å². The minimum absolute atomic E-state index is 0.0751. The van der Waals surface area contributed by atoms with Crippen molar-refractivity contribution in [3.05, 3.63) is 23.8 Å². The van der Waals surface area contributed by atoms with Gasteiger partial charge in [0.1, 0.15) is 6.42 Å². The summed E-state index contributed by atoms with van der Waals surface area (Å²) in [4.78, 5) is 23.4. The van der Waals surface area contributed by atoms with E-state index in [0.717, 1.165) is 12.0 Å². The highest BCUT2D eigenvalue weighted by Gasteiger charge is 2.11. The van der Waals surface area contributed by atoms with Crippen LogP contribution in [-0.4, -0.2) is 32.1 Å². The Bertz CT molecular complexity index is 517. The number of hydrogen-bond donors (Lipinski definition) is 2. The van der Waals surface area contributed by atoms with E-state index in [-0.39, 0.29) is 24.3 Å². The lowest BCUT2D eigenvalue weighted by atomic mass is 10.2. The molecular formula is C16H24N2O4. The first kappa shape index (κ1) is 17.8. The van der Waals surface area contributed by atoms with Crippen molar-refractivity contribution in [1.82, 2.24) is 10.6 Å². The van der Waals surface area contributed by atoms with E-state index in [9.17, 15) is 9.59 Å². The molecule has 0 fully saturated rings. The summed E-state index contributed by atoms with van der Waals surface area (Å²) in [5.74, 6) is 0.656. The molecule has 1 aromatic rings. The highest BCUT2D eigenvalue weighted by molar-refractivity contribution is 5.96. The van der Waals surface area contributed by atoms with Crippen molar-refractivity contribution >= 4 is 11.8 Å². The van der Waals surface area contributed by atoms with Crippen LogP contribution in [0.25, 0.3) is 0 Å². The highest BCUT2D eigenvalue weighted by Crippen LogP contribution is 2.27. The van der Waals surface area contributed by atoms with Crippen LogP contribution < -0.4 is 20.1 Å². The second-order valence-corrected chi connectivity index (χ2v) is 5.02. The van der Waals surface area contributed by atoms with Gasteiger partial charge in [-0.25, -0.2) is 0 Å². The number of carbonyl (C=O) groups is 2. The lowest BCUT2D eigenvalue weighted by molar-refractivity contribution is -0.129. The first-order chi connectivity index (χ1) is 10.5. The molecule has 0 radical (unpaired) electrons. The standard InChI is InChI=1S/C16H24N2O4/c1-5-11(2)18-16(20)9-15(19)17-10-12-6-7-13(21-3)14(8-12)22-4/h6-8,11H,5,9-10H2,1-4H3,(H,17,19)(H,18,20). The van der Waals surface area contributed by atoms with Crippen molar-refractivity contribution in [3.8, 4) is 11.5 Å². The molecule has 1 aromatic carbocycles. The quantitative estimate of drug-likeness (QED) is 0.716. The van der Waals surface area contributed by atoms with Crippen molar-refractivity contribution in [2.75, 3.05) is 14.2 Å². The smallest absolute Gasteiger partial charge is 0.229 e. The molecule has 0 aromatic heterocycles. The van der Waals surface area contributed by atoms with E-state index in [2.05, 4.69) is 10.6 Å². The zero-order valence-corrected chi connectivity index (χ0v) is 13.6. The molecule has 0 aliphatic rings. The van der Waals surface area contributed by atoms with E-state index in [1.165, 1.54) is 0 Å². The van der Waals surface area contributed by atoms with Gasteiger partial charge in [0.25, 0.3) is 0 Å². The van der Waals surface area contributed by atoms with Crippen LogP contribution in [-0.2, 0) is 16.1 Å². The van der Waals surface area contributed by atoms with Gasteiger partial charge in [0, 0.05) is 12.6 Å². The molecule has 122 valence electrons. The van der Waals surface area contributed by atoms with Crippen LogP contribution >= 0.6 is 0 Å². The van der Waals surface area contributed by atoms with E-state index in [1.54, 1.807) is 26.4 Å². The molecule has 0 aliphatic heterocycles. The summed E-state index contributed by atoms with van der Waals surface area (Å²) in [5, 5.41) is 5.47. The topological polar surface area (TPSA) is 76.7 Å². The molecule has 1 atom stereocenters. The van der Waals surface area contributed by atoms with Gasteiger partial charge in [-0.2, -0.15) is 0 Å². The third-order valence-corrected chi connectivity index (χ3v) is 3.28. The number of ether oxygens (including phenoxy) is 2. The maximum atomic E-state index is 11.7. The van der Waals surface area contributed by atoms with Gasteiger partial charge in [0.2, 0.25) is 11.8 Å². The minimum atomic E-state index is -0.310. The third-order valence-electron chi connectivity index (χ3n) is 3.28. The van der Waals surface area contributed by atoms with E-state index in [0.29, 0.717) is 18.0 Å². The molecule has 1 unspecified atom stereocenters. The maximum absolute atomic E-state index is 11.7. The molecule has 0 aliphatic carbocycles. The van der Waals surface area contributed by atoms with Crippen LogP contribution in [0, 0.1) is 0 Å². The van der Waals surface area contributed by atoms with Crippen LogP contribution in [0.5, 0.6) is 11.5 Å². The monoisotopic (exact) mass is 308 g/mol. The van der Waals surface area contributed by atoms with Crippen LogP contribution in [0.15, 0.2) is 18.2 Å². The summed E-state index contributed by atoms with van der Waals surface area (Å²) in [6.07, 6.45) is 0.663. The fourth-order valence-electron chi connectivity index (χ4n) is 1.83. The van der Waals surface area contributed by atoms with Crippen LogP contribution in [0.3, 0.4) is 0 Å². The molecule has 1 rings (SSSR count). The summed E-state index contributed by atoms with van der Waals surface area (Å²) < 4.78 is 10.4. The van der Waals surface area contributed by atoms with E-state index in [1.807, 2.05) is 19.9 Å². The van der Waals surface area contributed by atoms with Gasteiger partial charge in [0.15, 0.2) is 11.5 Å². The molecule has 2 amide bonds. The summed E-state index contributed by atoms with van der Waals surface area (Å²) >= 11 is 0. The molecule has 6 nitrogen and oxygen atoms in total. The molecule has 0 saturated heterocycles. The number of nitrogens with one attached hydrogen (secondary N) is 2. The van der Waals surface area contributed by atoms with Crippen LogP contribution in [0.1, 0.15) is 32.3 Å². The van der Waals surface area contributed by atoms with Crippen molar-refractivity contribution in [1.29, 1.82) is 0 Å². The van der Waals surface area contributed by atoms with Crippen molar-refractivity contribution in [3.63, 3.8) is 0 Å². The lowest BCUT2D eigenvalue weighted by Crippen LogP contribution is -2.36. The SMILES string of the molecule is CCC(C)NC(=O)CC(=O)NCc1ccc(OC)c(OC)c1. The van der Waals surface area contributed by atoms with Gasteiger partial charge in [-0.15, -0.1) is 0 Å². The second kappa shape index (κ2) is 8.92. The normalized spacial score (nSPS) is 11.5. The Balaban J connectivity index is 2.49. The van der Waals surface area contributed by atoms with Gasteiger partial charge in [-0.3, -0.25) is 9.59 Å². The molecule has 0 spiro atoms. The Labute approximate surface area is 131 Å². The van der Waals surface area contributed by atoms with Gasteiger partial charge in [-0.05, 0) is 31.0 Å². The zero-order chi connectivity index (χ0) is 16.5. The largest absolute Gasteiger partial charge is 0.493 e. The molecule has 0 heterocycles. The molecule has 2 N–H and O–H groups in total. The van der Waals surface area contributed by atoms with Crippen molar-refractivity contribution < 1.29 is 19.1 Å². The molecule has 22 heavy (non-hydrogen) atoms. The lowest BCUT2D eigenvalue weighted by Gasteiger charge is -2.12. The predicted octanol–water partition coefficient (Wildman–Crippen LogP) is 1.62. The van der Waals surface area contributed by atoms with Gasteiger partial charge in [-0.1, -0.05) is 13.0 Å². The number of benzene rings is 1. The minimum Gasteiger partial charge on any atom is -0.493 e. The van der Waals surface area contributed by atoms with Gasteiger partial charge in [0.05, 0.1) is 14.2 Å². The van der Waals surface area contributed by atoms with E-state index >= 15 is 0 Å². The predicted molar refractivity (Wildman–Crippen MR) is 83.9 cm³/mol. The Morgan fingerprint density at radius 2 is 1.82 bits per heavy atom. The zero-order valence-electron chi connectivity index (χ0n) is 13.6.